The van der Waals surface area contributed by atoms with Crippen LogP contribution in [0.25, 0.3) is 0 Å². The van der Waals surface area contributed by atoms with Crippen LogP contribution in [0.1, 0.15) is 50.6 Å². The van der Waals surface area contributed by atoms with Gasteiger partial charge in [-0.15, -0.1) is 0 Å². The lowest BCUT2D eigenvalue weighted by Gasteiger charge is -2.31. The van der Waals surface area contributed by atoms with Crippen molar-refractivity contribution in [2.75, 3.05) is 26.2 Å². The molecule has 2 amide bonds. The van der Waals surface area contributed by atoms with Crippen molar-refractivity contribution in [3.05, 3.63) is 18.0 Å². The molecular weight excluding hydrogens is 290 g/mol. The predicted molar refractivity (Wildman–Crippen MR) is 90.2 cm³/mol. The lowest BCUT2D eigenvalue weighted by molar-refractivity contribution is 0.164. The molecule has 23 heavy (non-hydrogen) atoms. The summed E-state index contributed by atoms with van der Waals surface area (Å²) < 4.78 is 1.77. The van der Waals surface area contributed by atoms with E-state index in [-0.39, 0.29) is 12.1 Å². The molecule has 0 saturated carbocycles. The van der Waals surface area contributed by atoms with E-state index >= 15 is 0 Å². The van der Waals surface area contributed by atoms with E-state index in [4.69, 9.17) is 0 Å². The summed E-state index contributed by atoms with van der Waals surface area (Å²) >= 11 is 0. The molecule has 1 aromatic rings. The minimum atomic E-state index is -0.00955. The van der Waals surface area contributed by atoms with E-state index in [1.165, 1.54) is 38.8 Å². The summed E-state index contributed by atoms with van der Waals surface area (Å²) in [4.78, 5) is 17.3. The zero-order valence-electron chi connectivity index (χ0n) is 14.4. The Hall–Kier alpha value is -1.56. The number of aryl methyl sites for hydroxylation is 1. The third-order valence-corrected chi connectivity index (χ3v) is 5.16. The molecule has 0 bridgehead atoms. The molecule has 3 rings (SSSR count). The van der Waals surface area contributed by atoms with Crippen LogP contribution >= 0.6 is 0 Å². The second kappa shape index (κ2) is 7.34. The van der Waals surface area contributed by atoms with E-state index < -0.39 is 0 Å². The van der Waals surface area contributed by atoms with Crippen LogP contribution in [-0.2, 0) is 7.05 Å². The Kier molecular flexibility index (Phi) is 5.20. The Morgan fingerprint density at radius 2 is 2.00 bits per heavy atom. The number of hydrogen-bond acceptors (Lipinski definition) is 3. The SMILES string of the molecule is C[C@H](NC(=O)N1CCCC[C@H](N2CCCC2)C1)c1cnn(C)c1. The van der Waals surface area contributed by atoms with E-state index in [1.807, 2.05) is 31.3 Å². The number of carbonyl (C=O) groups is 1. The smallest absolute Gasteiger partial charge is 0.317 e. The van der Waals surface area contributed by atoms with Crippen LogP contribution in [0.3, 0.4) is 0 Å². The van der Waals surface area contributed by atoms with Gasteiger partial charge in [-0.1, -0.05) is 6.42 Å². The average molecular weight is 319 g/mol. The highest BCUT2D eigenvalue weighted by Crippen LogP contribution is 2.21. The van der Waals surface area contributed by atoms with Gasteiger partial charge in [0.15, 0.2) is 0 Å². The maximum absolute atomic E-state index is 12.7. The molecule has 2 aliphatic heterocycles. The Morgan fingerprint density at radius 1 is 1.26 bits per heavy atom. The summed E-state index contributed by atoms with van der Waals surface area (Å²) in [5.41, 5.74) is 1.05. The molecule has 0 unspecified atom stereocenters. The first-order chi connectivity index (χ1) is 11.1. The molecule has 3 heterocycles. The Morgan fingerprint density at radius 3 is 2.70 bits per heavy atom. The van der Waals surface area contributed by atoms with Gasteiger partial charge in [0.2, 0.25) is 0 Å². The first kappa shape index (κ1) is 16.3. The van der Waals surface area contributed by atoms with Crippen LogP contribution in [0.5, 0.6) is 0 Å². The third-order valence-electron chi connectivity index (χ3n) is 5.16. The van der Waals surface area contributed by atoms with Crippen LogP contribution in [0.2, 0.25) is 0 Å². The number of hydrogen-bond donors (Lipinski definition) is 1. The fraction of sp³-hybridized carbons (Fsp3) is 0.765. The van der Waals surface area contributed by atoms with Crippen LogP contribution in [0, 0.1) is 0 Å². The van der Waals surface area contributed by atoms with Gasteiger partial charge in [0, 0.05) is 37.9 Å². The van der Waals surface area contributed by atoms with Crippen LogP contribution in [-0.4, -0.2) is 57.8 Å². The molecule has 128 valence electrons. The molecule has 0 aliphatic carbocycles. The van der Waals surface area contributed by atoms with Gasteiger partial charge >= 0.3 is 6.03 Å². The quantitative estimate of drug-likeness (QED) is 0.929. The molecule has 1 aromatic heterocycles. The van der Waals surface area contributed by atoms with Crippen molar-refractivity contribution in [3.63, 3.8) is 0 Å². The van der Waals surface area contributed by atoms with Crippen molar-refractivity contribution in [2.45, 2.75) is 51.1 Å². The summed E-state index contributed by atoms with van der Waals surface area (Å²) in [6.07, 6.45) is 9.95. The first-order valence-corrected chi connectivity index (χ1v) is 8.91. The van der Waals surface area contributed by atoms with Gasteiger partial charge in [-0.3, -0.25) is 9.58 Å². The molecule has 2 aliphatic rings. The van der Waals surface area contributed by atoms with Crippen molar-refractivity contribution in [2.24, 2.45) is 7.05 Å². The zero-order chi connectivity index (χ0) is 16.2. The van der Waals surface area contributed by atoms with E-state index in [0.717, 1.165) is 25.1 Å². The molecule has 0 radical (unpaired) electrons. The first-order valence-electron chi connectivity index (χ1n) is 8.91. The van der Waals surface area contributed by atoms with Gasteiger partial charge in [-0.25, -0.2) is 4.79 Å². The number of aromatic nitrogens is 2. The number of nitrogens with zero attached hydrogens (tertiary/aromatic N) is 4. The number of urea groups is 1. The van der Waals surface area contributed by atoms with Crippen molar-refractivity contribution in [1.29, 1.82) is 0 Å². The summed E-state index contributed by atoms with van der Waals surface area (Å²) in [5, 5.41) is 7.32. The lowest BCUT2D eigenvalue weighted by atomic mass is 10.1. The molecule has 2 atom stereocenters. The summed E-state index contributed by atoms with van der Waals surface area (Å²) in [6, 6.07) is 0.594. The predicted octanol–water partition coefficient (Wildman–Crippen LogP) is 2.14. The number of nitrogens with one attached hydrogen (secondary N) is 1. The maximum atomic E-state index is 12.7. The fourth-order valence-corrected chi connectivity index (χ4v) is 3.73. The summed E-state index contributed by atoms with van der Waals surface area (Å²) in [7, 11) is 1.90. The normalized spacial score (nSPS) is 24.4. The second-order valence-corrected chi connectivity index (χ2v) is 6.96. The number of likely N-dealkylation sites (tertiary alicyclic amines) is 2. The molecule has 6 heteroatoms. The summed E-state index contributed by atoms with van der Waals surface area (Å²) in [5.74, 6) is 0. The molecule has 2 fully saturated rings. The standard InChI is InChI=1S/C17H29N5O/c1-14(15-11-18-20(2)12-15)19-17(23)22-10-4-3-7-16(13-22)21-8-5-6-9-21/h11-12,14,16H,3-10,13H2,1-2H3,(H,19,23)/t14-,16-/m0/s1. The Labute approximate surface area is 138 Å². The molecule has 6 nitrogen and oxygen atoms in total. The lowest BCUT2D eigenvalue weighted by Crippen LogP contribution is -2.47. The third kappa shape index (κ3) is 4.05. The Bertz CT molecular complexity index is 523. The van der Waals surface area contributed by atoms with Gasteiger partial charge < -0.3 is 10.2 Å². The van der Waals surface area contributed by atoms with E-state index in [0.29, 0.717) is 6.04 Å². The Balaban J connectivity index is 1.58. The zero-order valence-corrected chi connectivity index (χ0v) is 14.4. The van der Waals surface area contributed by atoms with E-state index in [9.17, 15) is 4.79 Å². The van der Waals surface area contributed by atoms with Gasteiger partial charge in [0.05, 0.1) is 12.2 Å². The minimum Gasteiger partial charge on any atom is -0.331 e. The highest BCUT2D eigenvalue weighted by Gasteiger charge is 2.28. The minimum absolute atomic E-state index is 0.00955. The molecule has 2 saturated heterocycles. The highest BCUT2D eigenvalue weighted by atomic mass is 16.2. The molecular formula is C17H29N5O. The molecule has 1 N–H and O–H groups in total. The van der Waals surface area contributed by atoms with E-state index in [2.05, 4.69) is 15.3 Å². The van der Waals surface area contributed by atoms with Crippen molar-refractivity contribution >= 4 is 6.03 Å². The number of rotatable bonds is 3. The average Bonchev–Trinajstić information content (AvgIpc) is 3.14. The van der Waals surface area contributed by atoms with Crippen LogP contribution in [0.4, 0.5) is 4.79 Å². The van der Waals surface area contributed by atoms with Gasteiger partial charge in [0.1, 0.15) is 0 Å². The monoisotopic (exact) mass is 319 g/mol. The maximum Gasteiger partial charge on any atom is 0.317 e. The molecule has 0 aromatic carbocycles. The second-order valence-electron chi connectivity index (χ2n) is 6.96. The van der Waals surface area contributed by atoms with E-state index in [1.54, 1.807) is 4.68 Å². The van der Waals surface area contributed by atoms with Gasteiger partial charge in [-0.05, 0) is 45.7 Å². The van der Waals surface area contributed by atoms with Crippen molar-refractivity contribution < 1.29 is 4.79 Å². The number of carbonyl (C=O) groups excluding carboxylic acids is 1. The van der Waals surface area contributed by atoms with Crippen molar-refractivity contribution in [1.82, 2.24) is 24.9 Å². The highest BCUT2D eigenvalue weighted by molar-refractivity contribution is 5.74. The largest absolute Gasteiger partial charge is 0.331 e. The van der Waals surface area contributed by atoms with Gasteiger partial charge in [-0.2, -0.15) is 5.10 Å². The van der Waals surface area contributed by atoms with Crippen molar-refractivity contribution in [3.8, 4) is 0 Å². The van der Waals surface area contributed by atoms with Crippen LogP contribution < -0.4 is 5.32 Å². The number of amides is 2. The van der Waals surface area contributed by atoms with Crippen LogP contribution in [0.15, 0.2) is 12.4 Å². The molecule has 0 spiro atoms. The topological polar surface area (TPSA) is 53.4 Å². The summed E-state index contributed by atoms with van der Waals surface area (Å²) in [6.45, 7) is 6.16. The van der Waals surface area contributed by atoms with Gasteiger partial charge in [0.25, 0.3) is 0 Å². The fourth-order valence-electron chi connectivity index (χ4n) is 3.73.